The average Bonchev–Trinajstić information content (AvgIpc) is 3.34. The van der Waals surface area contributed by atoms with Crippen molar-refractivity contribution in [3.05, 3.63) is 61.7 Å². The molecule has 1 saturated heterocycles. The van der Waals surface area contributed by atoms with E-state index in [2.05, 4.69) is 10.3 Å². The number of aliphatic imine (C=N–C) groups is 1. The summed E-state index contributed by atoms with van der Waals surface area (Å²) in [4.78, 5) is 36.3. The minimum atomic E-state index is -0.771. The number of thiazole rings is 1. The van der Waals surface area contributed by atoms with E-state index in [0.29, 0.717) is 50.9 Å². The molecular formula is C22H23Cl2N5O4S. The first kappa shape index (κ1) is 24.6. The zero-order chi connectivity index (χ0) is 24.2. The van der Waals surface area contributed by atoms with E-state index in [0.717, 1.165) is 0 Å². The number of benzene rings is 1. The van der Waals surface area contributed by atoms with Crippen LogP contribution in [0.15, 0.2) is 46.0 Å². The van der Waals surface area contributed by atoms with E-state index in [1.54, 1.807) is 31.3 Å². The Kier molecular flexibility index (Phi) is 7.84. The maximum absolute atomic E-state index is 13.2. The molecule has 1 aromatic carbocycles. The zero-order valence-electron chi connectivity index (χ0n) is 18.3. The molecule has 0 aliphatic carbocycles. The molecule has 9 nitrogen and oxygen atoms in total. The summed E-state index contributed by atoms with van der Waals surface area (Å²) < 4.78 is 10.8. The summed E-state index contributed by atoms with van der Waals surface area (Å²) in [6.45, 7) is 3.21. The molecule has 3 heterocycles. The molecule has 0 spiro atoms. The molecule has 1 amide bonds. The number of amidine groups is 1. The molecule has 2 atom stereocenters. The minimum Gasteiger partial charge on any atom is -0.463 e. The third kappa shape index (κ3) is 5.26. The van der Waals surface area contributed by atoms with Crippen molar-refractivity contribution in [2.75, 3.05) is 32.9 Å². The Hall–Kier alpha value is -2.50. The van der Waals surface area contributed by atoms with Crippen molar-refractivity contribution in [3.8, 4) is 0 Å². The normalized spacial score (nSPS) is 21.1. The minimum absolute atomic E-state index is 0.178. The number of ether oxygens (including phenoxy) is 2. The monoisotopic (exact) mass is 523 g/mol. The molecule has 180 valence electrons. The molecule has 2 aliphatic rings. The second-order valence-corrected chi connectivity index (χ2v) is 9.32. The summed E-state index contributed by atoms with van der Waals surface area (Å²) in [5.74, 6) is -0.551. The highest BCUT2D eigenvalue weighted by molar-refractivity contribution is 7.11. The van der Waals surface area contributed by atoms with Crippen LogP contribution in [0.1, 0.15) is 23.5 Å². The molecule has 3 N–H and O–H groups in total. The van der Waals surface area contributed by atoms with Gasteiger partial charge in [-0.1, -0.05) is 29.3 Å². The third-order valence-electron chi connectivity index (χ3n) is 5.44. The number of nitrogens with one attached hydrogen (secondary N) is 1. The van der Waals surface area contributed by atoms with Crippen LogP contribution in [0.25, 0.3) is 0 Å². The number of halogens is 2. The fourth-order valence-corrected chi connectivity index (χ4v) is 4.96. The van der Waals surface area contributed by atoms with Crippen molar-refractivity contribution < 1.29 is 19.1 Å². The van der Waals surface area contributed by atoms with Gasteiger partial charge in [0.15, 0.2) is 10.8 Å². The molecule has 2 aromatic rings. The fraction of sp³-hybridized carbons (Fsp3) is 0.364. The Balaban J connectivity index is 1.83. The quantitative estimate of drug-likeness (QED) is 0.535. The van der Waals surface area contributed by atoms with E-state index >= 15 is 0 Å². The topological polar surface area (TPSA) is 119 Å². The van der Waals surface area contributed by atoms with Crippen molar-refractivity contribution >= 4 is 52.3 Å². The van der Waals surface area contributed by atoms with E-state index in [9.17, 15) is 9.59 Å². The van der Waals surface area contributed by atoms with Crippen LogP contribution in [0.4, 0.5) is 0 Å². The maximum atomic E-state index is 13.2. The highest BCUT2D eigenvalue weighted by Crippen LogP contribution is 2.37. The lowest BCUT2D eigenvalue weighted by atomic mass is 9.95. The molecule has 0 bridgehead atoms. The summed E-state index contributed by atoms with van der Waals surface area (Å²) >= 11 is 14.0. The molecular weight excluding hydrogens is 501 g/mol. The predicted molar refractivity (Wildman–Crippen MR) is 130 cm³/mol. The van der Waals surface area contributed by atoms with Gasteiger partial charge < -0.3 is 20.5 Å². The van der Waals surface area contributed by atoms with Gasteiger partial charge >= 0.3 is 5.97 Å². The number of nitrogens with two attached hydrogens (primary N) is 1. The molecule has 0 radical (unpaired) electrons. The van der Waals surface area contributed by atoms with Gasteiger partial charge in [-0.05, 0) is 19.1 Å². The van der Waals surface area contributed by atoms with Crippen LogP contribution in [0, 0.1) is 0 Å². The lowest BCUT2D eigenvalue weighted by molar-refractivity contribution is -0.139. The van der Waals surface area contributed by atoms with Gasteiger partial charge in [-0.25, -0.2) is 9.78 Å². The number of carbonyl (C=O) groups excluding carboxylic acids is 2. The lowest BCUT2D eigenvalue weighted by Crippen LogP contribution is -2.54. The fourth-order valence-electron chi connectivity index (χ4n) is 3.86. The van der Waals surface area contributed by atoms with Crippen LogP contribution in [0.5, 0.6) is 0 Å². The van der Waals surface area contributed by atoms with E-state index in [1.807, 2.05) is 10.3 Å². The van der Waals surface area contributed by atoms with Crippen molar-refractivity contribution in [1.29, 1.82) is 0 Å². The number of nitrogens with zero attached hydrogens (tertiary/aromatic N) is 3. The zero-order valence-corrected chi connectivity index (χ0v) is 20.6. The standard InChI is InChI=1S/C22H23Cl2N5O4S/c1-2-33-22(31)17-15(10-29-6-7-32-11-16(29)19(25)30)27-20(21-26-5-8-34-21)28-18(17)13-4-3-12(23)9-14(13)24/h3-5,8-9,16,18H,2,6-7,10-11H2,1H3,(H2,25,30)(H,27,28). The second-order valence-electron chi connectivity index (χ2n) is 7.58. The van der Waals surface area contributed by atoms with E-state index in [4.69, 9.17) is 43.4 Å². The van der Waals surface area contributed by atoms with Crippen LogP contribution in [-0.4, -0.2) is 66.5 Å². The van der Waals surface area contributed by atoms with E-state index < -0.39 is 24.0 Å². The first-order valence-corrected chi connectivity index (χ1v) is 12.2. The molecule has 0 saturated carbocycles. The van der Waals surface area contributed by atoms with E-state index in [-0.39, 0.29) is 19.8 Å². The Morgan fingerprint density at radius 2 is 2.21 bits per heavy atom. The largest absolute Gasteiger partial charge is 0.463 e. The molecule has 2 aliphatic heterocycles. The van der Waals surface area contributed by atoms with Gasteiger partial charge in [-0.2, -0.15) is 0 Å². The summed E-state index contributed by atoms with van der Waals surface area (Å²) in [6.07, 6.45) is 1.67. The van der Waals surface area contributed by atoms with Crippen molar-refractivity contribution in [1.82, 2.24) is 15.2 Å². The molecule has 4 rings (SSSR count). The van der Waals surface area contributed by atoms with Gasteiger partial charge in [0.1, 0.15) is 12.1 Å². The molecule has 1 aromatic heterocycles. The number of aromatic nitrogens is 1. The Morgan fingerprint density at radius 1 is 1.38 bits per heavy atom. The number of primary amides is 1. The lowest BCUT2D eigenvalue weighted by Gasteiger charge is -2.36. The number of esters is 1. The Labute approximate surface area is 210 Å². The summed E-state index contributed by atoms with van der Waals surface area (Å²) in [5, 5.41) is 6.56. The highest BCUT2D eigenvalue weighted by Gasteiger charge is 2.36. The van der Waals surface area contributed by atoms with Crippen molar-refractivity contribution in [2.24, 2.45) is 10.7 Å². The number of rotatable bonds is 7. The van der Waals surface area contributed by atoms with Crippen LogP contribution in [0.3, 0.4) is 0 Å². The van der Waals surface area contributed by atoms with Crippen molar-refractivity contribution in [2.45, 2.75) is 19.0 Å². The van der Waals surface area contributed by atoms with E-state index in [1.165, 1.54) is 11.3 Å². The summed E-state index contributed by atoms with van der Waals surface area (Å²) in [5.41, 5.74) is 7.03. The van der Waals surface area contributed by atoms with Gasteiger partial charge in [0, 0.05) is 46.0 Å². The molecule has 12 heteroatoms. The number of hydrogen-bond acceptors (Lipinski definition) is 9. The summed E-state index contributed by atoms with van der Waals surface area (Å²) in [7, 11) is 0. The number of carbonyl (C=O) groups is 2. The second kappa shape index (κ2) is 10.8. The molecule has 34 heavy (non-hydrogen) atoms. The van der Waals surface area contributed by atoms with Crippen LogP contribution in [-0.2, 0) is 19.1 Å². The smallest absolute Gasteiger partial charge is 0.338 e. The SMILES string of the molecule is CCOC(=O)C1=C(CN2CCOCC2C(N)=O)NC(c2nccs2)=NC1c1ccc(Cl)cc1Cl. The van der Waals surface area contributed by atoms with Crippen LogP contribution < -0.4 is 11.1 Å². The molecule has 2 unspecified atom stereocenters. The number of hydrogen-bond donors (Lipinski definition) is 2. The van der Waals surface area contributed by atoms with Gasteiger partial charge in [0.2, 0.25) is 5.91 Å². The Bertz CT molecular complexity index is 1140. The van der Waals surface area contributed by atoms with Crippen LogP contribution >= 0.6 is 34.5 Å². The maximum Gasteiger partial charge on any atom is 0.338 e. The number of amides is 1. The van der Waals surface area contributed by atoms with Gasteiger partial charge in [0.25, 0.3) is 0 Å². The average molecular weight is 524 g/mol. The molecule has 1 fully saturated rings. The van der Waals surface area contributed by atoms with Gasteiger partial charge in [0.05, 0.1) is 25.4 Å². The first-order chi connectivity index (χ1) is 16.4. The highest BCUT2D eigenvalue weighted by atomic mass is 35.5. The third-order valence-corrected chi connectivity index (χ3v) is 6.78. The summed E-state index contributed by atoms with van der Waals surface area (Å²) in [6, 6.07) is 3.63. The van der Waals surface area contributed by atoms with Crippen molar-refractivity contribution in [3.63, 3.8) is 0 Å². The predicted octanol–water partition coefficient (Wildman–Crippen LogP) is 2.54. The number of morpholine rings is 1. The first-order valence-electron chi connectivity index (χ1n) is 10.6. The van der Waals surface area contributed by atoms with Gasteiger partial charge in [-0.3, -0.25) is 14.7 Å². The van der Waals surface area contributed by atoms with Crippen LogP contribution in [0.2, 0.25) is 10.0 Å². The Morgan fingerprint density at radius 3 is 2.88 bits per heavy atom. The van der Waals surface area contributed by atoms with Gasteiger partial charge in [-0.15, -0.1) is 11.3 Å².